The summed E-state index contributed by atoms with van der Waals surface area (Å²) >= 11 is 11.8. The molecule has 2 N–H and O–H groups in total. The van der Waals surface area contributed by atoms with E-state index >= 15 is 0 Å². The van der Waals surface area contributed by atoms with Crippen molar-refractivity contribution in [2.75, 3.05) is 5.32 Å². The van der Waals surface area contributed by atoms with Gasteiger partial charge in [0.15, 0.2) is 5.75 Å². The third kappa shape index (κ3) is 3.73. The van der Waals surface area contributed by atoms with Gasteiger partial charge in [0.25, 0.3) is 0 Å². The number of halogens is 2. The molecule has 0 aliphatic carbocycles. The van der Waals surface area contributed by atoms with E-state index in [-0.39, 0.29) is 15.8 Å². The van der Waals surface area contributed by atoms with Crippen molar-refractivity contribution >= 4 is 29.0 Å². The Morgan fingerprint density at radius 1 is 0.913 bits per heavy atom. The van der Waals surface area contributed by atoms with Gasteiger partial charge >= 0.3 is 0 Å². The van der Waals surface area contributed by atoms with E-state index in [2.05, 4.69) is 15.5 Å². The molecule has 0 aliphatic rings. The summed E-state index contributed by atoms with van der Waals surface area (Å²) in [6.07, 6.45) is 0. The number of anilines is 1. The first-order chi connectivity index (χ1) is 11.1. The number of nitrogens with zero attached hydrogens (tertiary/aromatic N) is 2. The summed E-state index contributed by atoms with van der Waals surface area (Å²) in [5.74, 6) is 0.541. The highest BCUT2D eigenvalue weighted by Crippen LogP contribution is 2.35. The SMILES string of the molecule is Oc1c(Cl)cc(-c2ccc(NCc3ccccc3)nn2)cc1Cl. The summed E-state index contributed by atoms with van der Waals surface area (Å²) < 4.78 is 0. The third-order valence-electron chi connectivity index (χ3n) is 3.29. The molecule has 0 aliphatic heterocycles. The van der Waals surface area contributed by atoms with Crippen LogP contribution in [0.2, 0.25) is 10.0 Å². The topological polar surface area (TPSA) is 58.0 Å². The lowest BCUT2D eigenvalue weighted by molar-refractivity contribution is 0.476. The van der Waals surface area contributed by atoms with Crippen LogP contribution in [0.5, 0.6) is 5.75 Å². The molecule has 0 bridgehead atoms. The number of aromatic hydroxyl groups is 1. The first-order valence-corrected chi connectivity index (χ1v) is 7.69. The van der Waals surface area contributed by atoms with Crippen LogP contribution in [0, 0.1) is 0 Å². The number of benzene rings is 2. The zero-order valence-corrected chi connectivity index (χ0v) is 13.5. The second-order valence-electron chi connectivity index (χ2n) is 4.93. The number of phenols is 1. The predicted octanol–water partition coefficient (Wildman–Crippen LogP) is 4.77. The molecule has 1 aromatic heterocycles. The van der Waals surface area contributed by atoms with Gasteiger partial charge in [0.05, 0.1) is 15.7 Å². The smallest absolute Gasteiger partial charge is 0.152 e. The van der Waals surface area contributed by atoms with Crippen LogP contribution in [-0.4, -0.2) is 15.3 Å². The van der Waals surface area contributed by atoms with Crippen molar-refractivity contribution in [2.45, 2.75) is 6.54 Å². The van der Waals surface area contributed by atoms with Gasteiger partial charge in [0.1, 0.15) is 5.82 Å². The number of hydrogen-bond donors (Lipinski definition) is 2. The van der Waals surface area contributed by atoms with Crippen LogP contribution < -0.4 is 5.32 Å². The minimum atomic E-state index is -0.133. The first-order valence-electron chi connectivity index (χ1n) is 6.93. The molecular weight excluding hydrogens is 333 g/mol. The summed E-state index contributed by atoms with van der Waals surface area (Å²) in [5.41, 5.74) is 2.48. The van der Waals surface area contributed by atoms with Crippen molar-refractivity contribution in [3.63, 3.8) is 0 Å². The van der Waals surface area contributed by atoms with E-state index in [0.29, 0.717) is 23.6 Å². The number of nitrogens with one attached hydrogen (secondary N) is 1. The highest BCUT2D eigenvalue weighted by Gasteiger charge is 2.09. The van der Waals surface area contributed by atoms with Crippen LogP contribution in [-0.2, 0) is 6.54 Å². The molecule has 0 saturated heterocycles. The minimum absolute atomic E-state index is 0.133. The summed E-state index contributed by atoms with van der Waals surface area (Å²) in [6.45, 7) is 0.672. The minimum Gasteiger partial charge on any atom is -0.505 e. The van der Waals surface area contributed by atoms with Crippen molar-refractivity contribution in [1.82, 2.24) is 10.2 Å². The third-order valence-corrected chi connectivity index (χ3v) is 3.87. The lowest BCUT2D eigenvalue weighted by Gasteiger charge is -2.07. The Morgan fingerprint density at radius 3 is 2.22 bits per heavy atom. The molecular formula is C17H13Cl2N3O. The Morgan fingerprint density at radius 2 is 1.61 bits per heavy atom. The molecule has 3 rings (SSSR count). The molecule has 2 aromatic carbocycles. The van der Waals surface area contributed by atoms with Gasteiger partial charge < -0.3 is 10.4 Å². The van der Waals surface area contributed by atoms with Gasteiger partial charge in [-0.3, -0.25) is 0 Å². The van der Waals surface area contributed by atoms with E-state index in [1.54, 1.807) is 12.1 Å². The van der Waals surface area contributed by atoms with Crippen LogP contribution in [0.4, 0.5) is 5.82 Å². The van der Waals surface area contributed by atoms with Crippen molar-refractivity contribution < 1.29 is 5.11 Å². The molecule has 23 heavy (non-hydrogen) atoms. The fraction of sp³-hybridized carbons (Fsp3) is 0.0588. The van der Waals surface area contributed by atoms with Crippen LogP contribution in [0.1, 0.15) is 5.56 Å². The molecule has 0 radical (unpaired) electrons. The van der Waals surface area contributed by atoms with Gasteiger partial charge in [0, 0.05) is 12.1 Å². The molecule has 3 aromatic rings. The first kappa shape index (κ1) is 15.6. The van der Waals surface area contributed by atoms with E-state index in [1.807, 2.05) is 42.5 Å². The number of phenolic OH excluding ortho intramolecular Hbond substituents is 1. The Labute approximate surface area is 143 Å². The standard InChI is InChI=1S/C17H13Cl2N3O/c18-13-8-12(9-14(19)17(13)23)15-6-7-16(22-21-15)20-10-11-4-2-1-3-5-11/h1-9,23H,10H2,(H,20,22). The Hall–Kier alpha value is -2.30. The van der Waals surface area contributed by atoms with E-state index in [4.69, 9.17) is 23.2 Å². The highest BCUT2D eigenvalue weighted by molar-refractivity contribution is 6.37. The normalized spacial score (nSPS) is 10.5. The van der Waals surface area contributed by atoms with E-state index in [1.165, 1.54) is 0 Å². The number of hydrogen-bond acceptors (Lipinski definition) is 4. The van der Waals surface area contributed by atoms with Crippen LogP contribution in [0.3, 0.4) is 0 Å². The quantitative estimate of drug-likeness (QED) is 0.715. The fourth-order valence-corrected chi connectivity index (χ4v) is 2.57. The summed E-state index contributed by atoms with van der Waals surface area (Å²) in [5, 5.41) is 21.5. The summed E-state index contributed by atoms with van der Waals surface area (Å²) in [4.78, 5) is 0. The van der Waals surface area contributed by atoms with E-state index < -0.39 is 0 Å². The fourth-order valence-electron chi connectivity index (χ4n) is 2.08. The molecule has 0 fully saturated rings. The molecule has 0 amide bonds. The van der Waals surface area contributed by atoms with Crippen molar-refractivity contribution in [1.29, 1.82) is 0 Å². The lowest BCUT2D eigenvalue weighted by Crippen LogP contribution is -2.02. The largest absolute Gasteiger partial charge is 0.505 e. The molecule has 1 heterocycles. The van der Waals surface area contributed by atoms with Gasteiger partial charge in [-0.1, -0.05) is 53.5 Å². The maximum absolute atomic E-state index is 9.59. The van der Waals surface area contributed by atoms with Crippen LogP contribution in [0.25, 0.3) is 11.3 Å². The number of rotatable bonds is 4. The highest BCUT2D eigenvalue weighted by atomic mass is 35.5. The monoisotopic (exact) mass is 345 g/mol. The van der Waals surface area contributed by atoms with Crippen molar-refractivity contribution in [3.8, 4) is 17.0 Å². The van der Waals surface area contributed by atoms with Gasteiger partial charge in [-0.05, 0) is 29.8 Å². The average molecular weight is 346 g/mol. The molecule has 116 valence electrons. The summed E-state index contributed by atoms with van der Waals surface area (Å²) in [7, 11) is 0. The maximum Gasteiger partial charge on any atom is 0.152 e. The van der Waals surface area contributed by atoms with Crippen molar-refractivity contribution in [3.05, 3.63) is 70.2 Å². The van der Waals surface area contributed by atoms with Gasteiger partial charge in [0.2, 0.25) is 0 Å². The second kappa shape index (κ2) is 6.86. The van der Waals surface area contributed by atoms with Gasteiger partial charge in [-0.25, -0.2) is 0 Å². The van der Waals surface area contributed by atoms with Crippen molar-refractivity contribution in [2.24, 2.45) is 0 Å². The zero-order chi connectivity index (χ0) is 16.2. The summed E-state index contributed by atoms with van der Waals surface area (Å²) in [6, 6.07) is 16.9. The molecule has 6 heteroatoms. The maximum atomic E-state index is 9.59. The molecule has 0 atom stereocenters. The zero-order valence-electron chi connectivity index (χ0n) is 12.0. The van der Waals surface area contributed by atoms with E-state index in [9.17, 15) is 5.11 Å². The Balaban J connectivity index is 1.74. The molecule has 0 spiro atoms. The Kier molecular flexibility index (Phi) is 4.65. The Bertz CT molecular complexity index is 785. The number of aromatic nitrogens is 2. The lowest BCUT2D eigenvalue weighted by atomic mass is 10.1. The van der Waals surface area contributed by atoms with Gasteiger partial charge in [-0.15, -0.1) is 10.2 Å². The molecule has 0 unspecified atom stereocenters. The van der Waals surface area contributed by atoms with Crippen LogP contribution in [0.15, 0.2) is 54.6 Å². The van der Waals surface area contributed by atoms with Crippen LogP contribution >= 0.6 is 23.2 Å². The van der Waals surface area contributed by atoms with E-state index in [0.717, 1.165) is 5.56 Å². The molecule has 4 nitrogen and oxygen atoms in total. The molecule has 0 saturated carbocycles. The second-order valence-corrected chi connectivity index (χ2v) is 5.75. The average Bonchev–Trinajstić information content (AvgIpc) is 2.59. The predicted molar refractivity (Wildman–Crippen MR) is 92.9 cm³/mol. The van der Waals surface area contributed by atoms with Gasteiger partial charge in [-0.2, -0.15) is 0 Å².